The fraction of sp³-hybridized carbons (Fsp3) is 0.381. The molecule has 0 fully saturated rings. The Morgan fingerprint density at radius 1 is 1.04 bits per heavy atom. The first-order chi connectivity index (χ1) is 12.1. The van der Waals surface area contributed by atoms with Crippen molar-refractivity contribution < 1.29 is 9.53 Å². The summed E-state index contributed by atoms with van der Waals surface area (Å²) < 4.78 is 5.63. The van der Waals surface area contributed by atoms with Crippen LogP contribution in [-0.2, 0) is 24.4 Å². The lowest BCUT2D eigenvalue weighted by molar-refractivity contribution is 0.121. The van der Waals surface area contributed by atoms with Crippen LogP contribution in [-0.4, -0.2) is 24.6 Å². The summed E-state index contributed by atoms with van der Waals surface area (Å²) in [6.07, 6.45) is 1.00. The Kier molecular flexibility index (Phi) is 7.48. The van der Waals surface area contributed by atoms with E-state index in [-0.39, 0.29) is 6.03 Å². The van der Waals surface area contributed by atoms with Crippen molar-refractivity contribution in [3.8, 4) is 0 Å². The second-order valence-electron chi connectivity index (χ2n) is 6.26. The minimum absolute atomic E-state index is 0.0764. The average molecular weight is 340 g/mol. The third-order valence-electron chi connectivity index (χ3n) is 4.17. The number of hydrogen-bond donors (Lipinski definition) is 1. The van der Waals surface area contributed by atoms with Gasteiger partial charge in [0.1, 0.15) is 0 Å². The molecule has 0 aromatic heterocycles. The highest BCUT2D eigenvalue weighted by atomic mass is 16.5. The molecule has 0 aliphatic carbocycles. The number of urea groups is 1. The second-order valence-corrected chi connectivity index (χ2v) is 6.26. The van der Waals surface area contributed by atoms with Gasteiger partial charge in [-0.2, -0.15) is 0 Å². The Morgan fingerprint density at radius 2 is 1.68 bits per heavy atom. The summed E-state index contributed by atoms with van der Waals surface area (Å²) in [5, 5.41) is 3.00. The van der Waals surface area contributed by atoms with E-state index in [1.807, 2.05) is 43.4 Å². The molecule has 134 valence electrons. The number of carbonyl (C=O) groups is 1. The highest BCUT2D eigenvalue weighted by Crippen LogP contribution is 2.12. The fourth-order valence-corrected chi connectivity index (χ4v) is 2.62. The molecule has 2 rings (SSSR count). The molecule has 0 radical (unpaired) electrons. The number of nitrogens with one attached hydrogen (secondary N) is 1. The van der Waals surface area contributed by atoms with Gasteiger partial charge >= 0.3 is 6.03 Å². The van der Waals surface area contributed by atoms with Gasteiger partial charge < -0.3 is 15.0 Å². The summed E-state index contributed by atoms with van der Waals surface area (Å²) in [6, 6.07) is 16.1. The summed E-state index contributed by atoms with van der Waals surface area (Å²) >= 11 is 0. The van der Waals surface area contributed by atoms with E-state index < -0.39 is 0 Å². The molecule has 25 heavy (non-hydrogen) atoms. The van der Waals surface area contributed by atoms with Gasteiger partial charge in [-0.05, 0) is 35.6 Å². The highest BCUT2D eigenvalue weighted by Gasteiger charge is 2.11. The lowest BCUT2D eigenvalue weighted by Crippen LogP contribution is -2.36. The van der Waals surface area contributed by atoms with Gasteiger partial charge in [0, 0.05) is 26.7 Å². The molecule has 2 aromatic carbocycles. The van der Waals surface area contributed by atoms with E-state index in [0.717, 1.165) is 29.7 Å². The molecule has 0 spiro atoms. The molecule has 0 atom stereocenters. The van der Waals surface area contributed by atoms with E-state index in [1.165, 1.54) is 5.56 Å². The van der Waals surface area contributed by atoms with Crippen molar-refractivity contribution in [2.75, 3.05) is 13.7 Å². The van der Waals surface area contributed by atoms with Crippen LogP contribution in [0.1, 0.15) is 35.6 Å². The molecular formula is C21H28N2O2. The van der Waals surface area contributed by atoms with E-state index in [0.29, 0.717) is 19.7 Å². The maximum atomic E-state index is 12.4. The number of hydrogen-bond acceptors (Lipinski definition) is 2. The van der Waals surface area contributed by atoms with Crippen molar-refractivity contribution >= 4 is 6.03 Å². The Balaban J connectivity index is 1.90. The Bertz CT molecular complexity index is 685. The minimum Gasteiger partial charge on any atom is -0.377 e. The zero-order valence-corrected chi connectivity index (χ0v) is 15.4. The zero-order chi connectivity index (χ0) is 18.1. The van der Waals surface area contributed by atoms with Crippen LogP contribution in [0, 0.1) is 6.92 Å². The first-order valence-electron chi connectivity index (χ1n) is 8.79. The number of carbonyl (C=O) groups excluding carboxylic acids is 1. The zero-order valence-electron chi connectivity index (χ0n) is 15.4. The topological polar surface area (TPSA) is 41.6 Å². The average Bonchev–Trinajstić information content (AvgIpc) is 2.62. The van der Waals surface area contributed by atoms with Crippen LogP contribution in [0.5, 0.6) is 0 Å². The molecule has 0 unspecified atom stereocenters. The molecule has 4 heteroatoms. The first kappa shape index (κ1) is 19.0. The number of nitrogens with zero attached hydrogens (tertiary/aromatic N) is 1. The summed E-state index contributed by atoms with van der Waals surface area (Å²) in [4.78, 5) is 14.1. The standard InChI is InChI=1S/C21H28N2O2/c1-4-13-25-16-20-12-8-7-10-18(20)14-22-21(24)23(3)15-19-11-6-5-9-17(19)2/h5-12H,4,13-16H2,1-3H3,(H,22,24). The summed E-state index contributed by atoms with van der Waals surface area (Å²) in [6.45, 7) is 6.59. The number of aryl methyl sites for hydroxylation is 1. The Labute approximate surface area is 150 Å². The normalized spacial score (nSPS) is 10.5. The smallest absolute Gasteiger partial charge is 0.317 e. The van der Waals surface area contributed by atoms with Crippen molar-refractivity contribution in [3.63, 3.8) is 0 Å². The molecule has 0 saturated carbocycles. The Hall–Kier alpha value is -2.33. The van der Waals surface area contributed by atoms with Crippen LogP contribution in [0.25, 0.3) is 0 Å². The fourth-order valence-electron chi connectivity index (χ4n) is 2.62. The second kappa shape index (κ2) is 9.84. The van der Waals surface area contributed by atoms with Crippen LogP contribution < -0.4 is 5.32 Å². The van der Waals surface area contributed by atoms with Gasteiger partial charge in [0.15, 0.2) is 0 Å². The summed E-state index contributed by atoms with van der Waals surface area (Å²) in [5.74, 6) is 0. The van der Waals surface area contributed by atoms with Gasteiger partial charge in [-0.15, -0.1) is 0 Å². The van der Waals surface area contributed by atoms with Gasteiger partial charge in [-0.3, -0.25) is 0 Å². The molecule has 0 bridgehead atoms. The van der Waals surface area contributed by atoms with E-state index in [1.54, 1.807) is 4.90 Å². The number of ether oxygens (including phenoxy) is 1. The van der Waals surface area contributed by atoms with Gasteiger partial charge in [-0.1, -0.05) is 55.5 Å². The van der Waals surface area contributed by atoms with Crippen molar-refractivity contribution in [2.45, 2.75) is 40.0 Å². The SMILES string of the molecule is CCCOCc1ccccc1CNC(=O)N(C)Cc1ccccc1C. The maximum Gasteiger partial charge on any atom is 0.317 e. The predicted octanol–water partition coefficient (Wildman–Crippen LogP) is 4.26. The molecule has 0 saturated heterocycles. The van der Waals surface area contributed by atoms with Crippen LogP contribution in [0.4, 0.5) is 4.79 Å². The third kappa shape index (κ3) is 5.91. The van der Waals surface area contributed by atoms with E-state index >= 15 is 0 Å². The maximum absolute atomic E-state index is 12.4. The van der Waals surface area contributed by atoms with Gasteiger partial charge in [0.2, 0.25) is 0 Å². The van der Waals surface area contributed by atoms with Crippen molar-refractivity contribution in [3.05, 3.63) is 70.8 Å². The molecule has 4 nitrogen and oxygen atoms in total. The molecule has 0 heterocycles. The third-order valence-corrected chi connectivity index (χ3v) is 4.17. The van der Waals surface area contributed by atoms with E-state index in [9.17, 15) is 4.79 Å². The van der Waals surface area contributed by atoms with Gasteiger partial charge in [0.25, 0.3) is 0 Å². The van der Waals surface area contributed by atoms with Crippen LogP contribution in [0.2, 0.25) is 0 Å². The lowest BCUT2D eigenvalue weighted by Gasteiger charge is -2.20. The number of benzene rings is 2. The van der Waals surface area contributed by atoms with Crippen LogP contribution in [0.15, 0.2) is 48.5 Å². The summed E-state index contributed by atoms with van der Waals surface area (Å²) in [7, 11) is 1.82. The minimum atomic E-state index is -0.0764. The monoisotopic (exact) mass is 340 g/mol. The van der Waals surface area contributed by atoms with Crippen molar-refractivity contribution in [1.29, 1.82) is 0 Å². The lowest BCUT2D eigenvalue weighted by atomic mass is 10.1. The molecule has 2 amide bonds. The molecule has 0 aliphatic heterocycles. The largest absolute Gasteiger partial charge is 0.377 e. The molecule has 2 aromatic rings. The molecular weight excluding hydrogens is 312 g/mol. The van der Waals surface area contributed by atoms with Crippen molar-refractivity contribution in [2.24, 2.45) is 0 Å². The molecule has 1 N–H and O–H groups in total. The van der Waals surface area contributed by atoms with Crippen LogP contribution in [0.3, 0.4) is 0 Å². The first-order valence-corrected chi connectivity index (χ1v) is 8.79. The number of amides is 2. The number of rotatable bonds is 8. The summed E-state index contributed by atoms with van der Waals surface area (Å²) in [5.41, 5.74) is 4.57. The molecule has 0 aliphatic rings. The predicted molar refractivity (Wildman–Crippen MR) is 101 cm³/mol. The Morgan fingerprint density at radius 3 is 2.36 bits per heavy atom. The van der Waals surface area contributed by atoms with Crippen LogP contribution >= 0.6 is 0 Å². The van der Waals surface area contributed by atoms with Crippen molar-refractivity contribution in [1.82, 2.24) is 10.2 Å². The highest BCUT2D eigenvalue weighted by molar-refractivity contribution is 5.73. The van der Waals surface area contributed by atoms with E-state index in [2.05, 4.69) is 31.3 Å². The van der Waals surface area contributed by atoms with E-state index in [4.69, 9.17) is 4.74 Å². The van der Waals surface area contributed by atoms with Gasteiger partial charge in [0.05, 0.1) is 6.61 Å². The van der Waals surface area contributed by atoms with Gasteiger partial charge in [-0.25, -0.2) is 4.79 Å². The quantitative estimate of drug-likeness (QED) is 0.729.